The molecule has 3 heteroatoms. The van der Waals surface area contributed by atoms with Crippen LogP contribution in [0.15, 0.2) is 60.7 Å². The first-order valence-electron chi connectivity index (χ1n) is 9.43. The molecule has 2 N–H and O–H groups in total. The number of benzene rings is 3. The van der Waals surface area contributed by atoms with Crippen LogP contribution in [0.1, 0.15) is 37.3 Å². The first kappa shape index (κ1) is 17.3. The molecule has 0 saturated heterocycles. The Morgan fingerprint density at radius 1 is 1.04 bits per heavy atom. The largest absolute Gasteiger partial charge is 0.481 e. The predicted molar refractivity (Wildman–Crippen MR) is 111 cm³/mol. The van der Waals surface area contributed by atoms with Crippen LogP contribution in [-0.2, 0) is 11.2 Å². The van der Waals surface area contributed by atoms with Gasteiger partial charge in [-0.1, -0.05) is 62.4 Å². The molecule has 0 amide bonds. The van der Waals surface area contributed by atoms with E-state index in [0.717, 1.165) is 44.9 Å². The number of fused-ring (bicyclic) bond motifs is 2. The number of carboxylic acids is 1. The summed E-state index contributed by atoms with van der Waals surface area (Å²) in [4.78, 5) is 15.1. The first-order chi connectivity index (χ1) is 13.1. The van der Waals surface area contributed by atoms with Gasteiger partial charge in [0.25, 0.3) is 0 Å². The van der Waals surface area contributed by atoms with Crippen molar-refractivity contribution in [2.75, 3.05) is 0 Å². The van der Waals surface area contributed by atoms with E-state index >= 15 is 0 Å². The topological polar surface area (TPSA) is 53.1 Å². The molecule has 0 saturated carbocycles. The fourth-order valence-corrected chi connectivity index (χ4v) is 3.82. The third-order valence-electron chi connectivity index (χ3n) is 5.50. The second-order valence-corrected chi connectivity index (χ2v) is 7.19. The molecule has 0 spiro atoms. The number of aromatic amines is 1. The molecule has 27 heavy (non-hydrogen) atoms. The van der Waals surface area contributed by atoms with Crippen molar-refractivity contribution in [1.82, 2.24) is 4.98 Å². The van der Waals surface area contributed by atoms with Gasteiger partial charge in [-0.3, -0.25) is 4.79 Å². The average Bonchev–Trinajstić information content (AvgIpc) is 3.03. The average molecular weight is 357 g/mol. The summed E-state index contributed by atoms with van der Waals surface area (Å²) in [5, 5.41) is 12.8. The van der Waals surface area contributed by atoms with E-state index in [1.807, 2.05) is 18.2 Å². The summed E-state index contributed by atoms with van der Waals surface area (Å²) in [7, 11) is 0. The molecule has 3 aromatic carbocycles. The monoisotopic (exact) mass is 357 g/mol. The van der Waals surface area contributed by atoms with Gasteiger partial charge in [0.2, 0.25) is 0 Å². The molecule has 1 unspecified atom stereocenters. The summed E-state index contributed by atoms with van der Waals surface area (Å²) in [6.07, 6.45) is 1.06. The van der Waals surface area contributed by atoms with Crippen molar-refractivity contribution in [3.05, 3.63) is 71.8 Å². The van der Waals surface area contributed by atoms with Gasteiger partial charge in [0.05, 0.1) is 12.1 Å². The minimum absolute atomic E-state index is 0.00249. The van der Waals surface area contributed by atoms with E-state index in [1.165, 1.54) is 5.56 Å². The highest BCUT2D eigenvalue weighted by atomic mass is 16.4. The van der Waals surface area contributed by atoms with Crippen LogP contribution in [0.25, 0.3) is 32.9 Å². The van der Waals surface area contributed by atoms with E-state index in [4.69, 9.17) is 0 Å². The van der Waals surface area contributed by atoms with E-state index in [-0.39, 0.29) is 6.42 Å². The SMILES string of the molecule is CCC(C)c1ccc2[nH]c(-c3cccc4ccccc34)c(CC(=O)O)c2c1. The van der Waals surface area contributed by atoms with E-state index in [0.29, 0.717) is 5.92 Å². The lowest BCUT2D eigenvalue weighted by Crippen LogP contribution is -2.01. The lowest BCUT2D eigenvalue weighted by molar-refractivity contribution is -0.136. The molecule has 1 atom stereocenters. The van der Waals surface area contributed by atoms with Crippen LogP contribution in [0.3, 0.4) is 0 Å². The van der Waals surface area contributed by atoms with Crippen LogP contribution in [-0.4, -0.2) is 16.1 Å². The van der Waals surface area contributed by atoms with Crippen LogP contribution < -0.4 is 0 Å². The quantitative estimate of drug-likeness (QED) is 0.451. The van der Waals surface area contributed by atoms with Gasteiger partial charge >= 0.3 is 5.97 Å². The fourth-order valence-electron chi connectivity index (χ4n) is 3.82. The molecule has 4 rings (SSSR count). The fraction of sp³-hybridized carbons (Fsp3) is 0.208. The van der Waals surface area contributed by atoms with Crippen LogP contribution in [0, 0.1) is 0 Å². The Kier molecular flexibility index (Phi) is 4.44. The van der Waals surface area contributed by atoms with Gasteiger partial charge in [-0.2, -0.15) is 0 Å². The highest BCUT2D eigenvalue weighted by Crippen LogP contribution is 2.36. The van der Waals surface area contributed by atoms with E-state index < -0.39 is 5.97 Å². The van der Waals surface area contributed by atoms with Gasteiger partial charge in [0.15, 0.2) is 0 Å². The minimum atomic E-state index is -0.814. The normalized spacial score (nSPS) is 12.5. The highest BCUT2D eigenvalue weighted by Gasteiger charge is 2.18. The van der Waals surface area contributed by atoms with Crippen molar-refractivity contribution in [3.63, 3.8) is 0 Å². The van der Waals surface area contributed by atoms with Gasteiger partial charge in [-0.15, -0.1) is 0 Å². The number of aliphatic carboxylic acids is 1. The van der Waals surface area contributed by atoms with Crippen molar-refractivity contribution < 1.29 is 9.90 Å². The second-order valence-electron chi connectivity index (χ2n) is 7.19. The Morgan fingerprint density at radius 3 is 2.59 bits per heavy atom. The zero-order valence-electron chi connectivity index (χ0n) is 15.6. The summed E-state index contributed by atoms with van der Waals surface area (Å²) in [6, 6.07) is 20.8. The molecule has 0 fully saturated rings. The van der Waals surface area contributed by atoms with Crippen LogP contribution >= 0.6 is 0 Å². The number of carbonyl (C=O) groups is 1. The van der Waals surface area contributed by atoms with E-state index in [9.17, 15) is 9.90 Å². The molecule has 1 aromatic heterocycles. The Balaban J connectivity index is 2.00. The maximum Gasteiger partial charge on any atom is 0.307 e. The highest BCUT2D eigenvalue weighted by molar-refractivity contribution is 6.02. The number of nitrogens with one attached hydrogen (secondary N) is 1. The number of carboxylic acid groups (broad SMARTS) is 1. The van der Waals surface area contributed by atoms with Gasteiger partial charge in [-0.05, 0) is 46.4 Å². The van der Waals surface area contributed by atoms with Crippen molar-refractivity contribution in [3.8, 4) is 11.3 Å². The number of hydrogen-bond donors (Lipinski definition) is 2. The second kappa shape index (κ2) is 6.92. The zero-order chi connectivity index (χ0) is 19.0. The standard InChI is InChI=1S/C24H23NO2/c1-3-15(2)17-11-12-22-20(13-17)21(14-23(26)27)24(25-22)19-10-6-8-16-7-4-5-9-18(16)19/h4-13,15,25H,3,14H2,1-2H3,(H,26,27). The number of aromatic nitrogens is 1. The smallest absolute Gasteiger partial charge is 0.307 e. The minimum Gasteiger partial charge on any atom is -0.481 e. The van der Waals surface area contributed by atoms with Crippen molar-refractivity contribution in [1.29, 1.82) is 0 Å². The lowest BCUT2D eigenvalue weighted by Gasteiger charge is -2.09. The van der Waals surface area contributed by atoms with Crippen molar-refractivity contribution in [2.24, 2.45) is 0 Å². The zero-order valence-corrected chi connectivity index (χ0v) is 15.6. The molecule has 0 aliphatic carbocycles. The molecule has 1 heterocycles. The number of hydrogen-bond acceptors (Lipinski definition) is 1. The Morgan fingerprint density at radius 2 is 1.81 bits per heavy atom. The predicted octanol–water partition coefficient (Wildman–Crippen LogP) is 6.13. The molecule has 4 aromatic rings. The molecule has 0 aliphatic heterocycles. The maximum atomic E-state index is 11.6. The number of rotatable bonds is 5. The summed E-state index contributed by atoms with van der Waals surface area (Å²) in [5.74, 6) is -0.366. The third kappa shape index (κ3) is 3.10. The molecule has 0 aliphatic rings. The summed E-state index contributed by atoms with van der Waals surface area (Å²) in [5.41, 5.74) is 5.05. The van der Waals surface area contributed by atoms with Gasteiger partial charge in [0.1, 0.15) is 0 Å². The molecular formula is C24H23NO2. The number of H-pyrrole nitrogens is 1. The first-order valence-corrected chi connectivity index (χ1v) is 9.43. The summed E-state index contributed by atoms with van der Waals surface area (Å²) < 4.78 is 0. The molecular weight excluding hydrogens is 334 g/mol. The third-order valence-corrected chi connectivity index (χ3v) is 5.50. The van der Waals surface area contributed by atoms with Crippen LogP contribution in [0.4, 0.5) is 0 Å². The Bertz CT molecular complexity index is 1130. The Hall–Kier alpha value is -3.07. The van der Waals surface area contributed by atoms with E-state index in [2.05, 4.69) is 61.3 Å². The van der Waals surface area contributed by atoms with E-state index in [1.54, 1.807) is 0 Å². The van der Waals surface area contributed by atoms with Crippen LogP contribution in [0.2, 0.25) is 0 Å². The molecule has 3 nitrogen and oxygen atoms in total. The summed E-state index contributed by atoms with van der Waals surface area (Å²) >= 11 is 0. The molecule has 0 bridgehead atoms. The van der Waals surface area contributed by atoms with Crippen molar-refractivity contribution >= 4 is 27.6 Å². The summed E-state index contributed by atoms with van der Waals surface area (Å²) in [6.45, 7) is 4.38. The van der Waals surface area contributed by atoms with Gasteiger partial charge < -0.3 is 10.1 Å². The van der Waals surface area contributed by atoms with Gasteiger partial charge in [0, 0.05) is 16.5 Å². The molecule has 0 radical (unpaired) electrons. The van der Waals surface area contributed by atoms with Gasteiger partial charge in [-0.25, -0.2) is 0 Å². The lowest BCUT2D eigenvalue weighted by atomic mass is 9.94. The Labute approximate surface area is 158 Å². The van der Waals surface area contributed by atoms with Crippen LogP contribution in [0.5, 0.6) is 0 Å². The van der Waals surface area contributed by atoms with Crippen molar-refractivity contribution in [2.45, 2.75) is 32.6 Å². The maximum absolute atomic E-state index is 11.6. The molecule has 136 valence electrons.